The monoisotopic (exact) mass is 289 g/mol. The summed E-state index contributed by atoms with van der Waals surface area (Å²) < 4.78 is 0. The Morgan fingerprint density at radius 2 is 2.15 bits per heavy atom. The van der Waals surface area contributed by atoms with Crippen molar-refractivity contribution in [1.82, 2.24) is 15.2 Å². The predicted molar refractivity (Wildman–Crippen MR) is 79.4 cm³/mol. The van der Waals surface area contributed by atoms with E-state index in [4.69, 9.17) is 5.73 Å². The van der Waals surface area contributed by atoms with Crippen LogP contribution in [-0.2, 0) is 0 Å². The molecule has 0 saturated carbocycles. The van der Waals surface area contributed by atoms with E-state index in [0.717, 1.165) is 16.6 Å². The molecule has 6 nitrogen and oxygen atoms in total. The molecular weight excluding hydrogens is 278 g/mol. The van der Waals surface area contributed by atoms with Crippen molar-refractivity contribution in [3.8, 4) is 0 Å². The molecule has 20 heavy (non-hydrogen) atoms. The van der Waals surface area contributed by atoms with Crippen LogP contribution in [0.2, 0.25) is 0 Å². The maximum Gasteiger partial charge on any atom is 0.252 e. The number of hydrogen-bond acceptors (Lipinski definition) is 4. The average molecular weight is 290 g/mol. The average Bonchev–Trinajstić information content (AvgIpc) is 2.86. The Hall–Kier alpha value is -2.60. The number of nitrogens with two attached hydrogens (primary N) is 1. The van der Waals surface area contributed by atoms with Crippen LogP contribution < -0.4 is 11.1 Å². The molecule has 2 aromatic heterocycles. The van der Waals surface area contributed by atoms with Crippen molar-refractivity contribution in [1.29, 1.82) is 0 Å². The summed E-state index contributed by atoms with van der Waals surface area (Å²) in [6.07, 6.45) is 3.35. The van der Waals surface area contributed by atoms with Gasteiger partial charge in [0.2, 0.25) is 0 Å². The van der Waals surface area contributed by atoms with Crippen LogP contribution in [0.25, 0.3) is 10.9 Å². The number of hydrogen-bond donors (Lipinski definition) is 3. The number of nitrogens with zero attached hydrogens (tertiary/aromatic N) is 2. The van der Waals surface area contributed by atoms with Crippen molar-refractivity contribution in [2.75, 3.05) is 5.32 Å². The van der Waals surface area contributed by atoms with E-state index < -0.39 is 5.91 Å². The number of amides is 1. The second kappa shape index (κ2) is 5.58. The Morgan fingerprint density at radius 1 is 1.30 bits per heavy atom. The van der Waals surface area contributed by atoms with Crippen molar-refractivity contribution >= 4 is 40.7 Å². The molecule has 4 N–H and O–H groups in total. The minimum absolute atomic E-state index is 0. The van der Waals surface area contributed by atoms with Crippen LogP contribution in [0.15, 0.2) is 42.7 Å². The highest BCUT2D eigenvalue weighted by Crippen LogP contribution is 2.21. The van der Waals surface area contributed by atoms with E-state index in [1.54, 1.807) is 24.5 Å². The number of halogens is 1. The van der Waals surface area contributed by atoms with E-state index in [0.29, 0.717) is 11.4 Å². The number of primary amides is 1. The largest absolute Gasteiger partial charge is 0.365 e. The maximum atomic E-state index is 11.3. The Balaban J connectivity index is 0.00000147. The van der Waals surface area contributed by atoms with Gasteiger partial charge in [0, 0.05) is 17.3 Å². The van der Waals surface area contributed by atoms with Crippen LogP contribution in [0.5, 0.6) is 0 Å². The number of benzene rings is 1. The number of fused-ring (bicyclic) bond motifs is 1. The molecule has 0 saturated heterocycles. The summed E-state index contributed by atoms with van der Waals surface area (Å²) in [4.78, 5) is 15.4. The summed E-state index contributed by atoms with van der Waals surface area (Å²) in [6.45, 7) is 0. The molecule has 0 unspecified atom stereocenters. The molecule has 7 heteroatoms. The molecule has 0 aliphatic carbocycles. The summed E-state index contributed by atoms with van der Waals surface area (Å²) in [5, 5.41) is 10.9. The molecule has 0 bridgehead atoms. The normalized spacial score (nSPS) is 10.0. The first-order chi connectivity index (χ1) is 9.24. The lowest BCUT2D eigenvalue weighted by Crippen LogP contribution is -2.14. The third-order valence-electron chi connectivity index (χ3n) is 2.78. The molecule has 0 radical (unpaired) electrons. The van der Waals surface area contributed by atoms with Gasteiger partial charge >= 0.3 is 0 Å². The standard InChI is InChI=1S/C13H11N5O.ClH/c14-12(19)10-2-1-5-15-13(10)17-9-4-3-8-7-16-18-11(8)6-9;/h1-7H,(H2,14,19)(H,15,17)(H,16,18);1H. The number of aromatic amines is 1. The highest BCUT2D eigenvalue weighted by molar-refractivity contribution is 5.98. The zero-order chi connectivity index (χ0) is 13.2. The summed E-state index contributed by atoms with van der Waals surface area (Å²) in [7, 11) is 0. The van der Waals surface area contributed by atoms with Crippen LogP contribution in [0.3, 0.4) is 0 Å². The minimum atomic E-state index is -0.516. The Bertz CT molecular complexity index is 755. The van der Waals surface area contributed by atoms with Gasteiger partial charge < -0.3 is 11.1 Å². The number of carbonyl (C=O) groups excluding carboxylic acids is 1. The van der Waals surface area contributed by atoms with Crippen molar-refractivity contribution in [2.24, 2.45) is 5.73 Å². The van der Waals surface area contributed by atoms with Gasteiger partial charge in [0.25, 0.3) is 5.91 Å². The molecule has 0 atom stereocenters. The first-order valence-electron chi connectivity index (χ1n) is 5.69. The van der Waals surface area contributed by atoms with Gasteiger partial charge in [-0.1, -0.05) is 0 Å². The number of rotatable bonds is 3. The molecule has 1 aromatic carbocycles. The fraction of sp³-hybridized carbons (Fsp3) is 0. The van der Waals surface area contributed by atoms with E-state index in [1.165, 1.54) is 0 Å². The van der Waals surface area contributed by atoms with Crippen LogP contribution in [0.4, 0.5) is 11.5 Å². The number of anilines is 2. The highest BCUT2D eigenvalue weighted by Gasteiger charge is 2.09. The molecular formula is C13H12ClN5O. The summed E-state index contributed by atoms with van der Waals surface area (Å²) >= 11 is 0. The lowest BCUT2D eigenvalue weighted by atomic mass is 10.2. The Kier molecular flexibility index (Phi) is 3.86. The summed E-state index contributed by atoms with van der Waals surface area (Å²) in [6, 6.07) is 9.00. The molecule has 3 rings (SSSR count). The second-order valence-electron chi connectivity index (χ2n) is 4.06. The van der Waals surface area contributed by atoms with E-state index >= 15 is 0 Å². The first-order valence-corrected chi connectivity index (χ1v) is 5.69. The van der Waals surface area contributed by atoms with Crippen molar-refractivity contribution in [2.45, 2.75) is 0 Å². The number of pyridine rings is 1. The van der Waals surface area contributed by atoms with Crippen LogP contribution in [0.1, 0.15) is 10.4 Å². The van der Waals surface area contributed by atoms with Gasteiger partial charge in [-0.05, 0) is 30.3 Å². The topological polar surface area (TPSA) is 96.7 Å². The molecule has 0 fully saturated rings. The van der Waals surface area contributed by atoms with Crippen molar-refractivity contribution in [3.05, 3.63) is 48.3 Å². The van der Waals surface area contributed by atoms with E-state index in [1.807, 2.05) is 18.2 Å². The van der Waals surface area contributed by atoms with Gasteiger partial charge in [0.1, 0.15) is 5.82 Å². The number of H-pyrrole nitrogens is 1. The number of aromatic nitrogens is 3. The number of nitrogens with one attached hydrogen (secondary N) is 2. The molecule has 1 amide bonds. The van der Waals surface area contributed by atoms with Crippen LogP contribution in [0, 0.1) is 0 Å². The SMILES string of the molecule is Cl.NC(=O)c1cccnc1Nc1ccc2cn[nH]c2c1. The zero-order valence-electron chi connectivity index (χ0n) is 10.3. The summed E-state index contributed by atoms with van der Waals surface area (Å²) in [5.41, 5.74) is 7.37. The highest BCUT2D eigenvalue weighted by atomic mass is 35.5. The molecule has 102 valence electrons. The fourth-order valence-electron chi connectivity index (χ4n) is 1.86. The lowest BCUT2D eigenvalue weighted by Gasteiger charge is -2.08. The third kappa shape index (κ3) is 2.55. The van der Waals surface area contributed by atoms with Gasteiger partial charge in [0.15, 0.2) is 0 Å². The van der Waals surface area contributed by atoms with Gasteiger partial charge in [-0.2, -0.15) is 5.10 Å². The first kappa shape index (κ1) is 13.8. The van der Waals surface area contributed by atoms with Gasteiger partial charge in [-0.3, -0.25) is 9.89 Å². The lowest BCUT2D eigenvalue weighted by molar-refractivity contribution is 0.100. The van der Waals surface area contributed by atoms with Crippen LogP contribution >= 0.6 is 12.4 Å². The Labute approximate surface area is 120 Å². The predicted octanol–water partition coefficient (Wildman–Crippen LogP) is 2.22. The van der Waals surface area contributed by atoms with E-state index in [9.17, 15) is 4.79 Å². The molecule has 2 heterocycles. The zero-order valence-corrected chi connectivity index (χ0v) is 11.1. The van der Waals surface area contributed by atoms with Gasteiger partial charge in [-0.15, -0.1) is 12.4 Å². The van der Waals surface area contributed by atoms with Crippen molar-refractivity contribution in [3.63, 3.8) is 0 Å². The maximum absolute atomic E-state index is 11.3. The molecule has 0 spiro atoms. The minimum Gasteiger partial charge on any atom is -0.365 e. The van der Waals surface area contributed by atoms with Crippen molar-refractivity contribution < 1.29 is 4.79 Å². The fourth-order valence-corrected chi connectivity index (χ4v) is 1.86. The second-order valence-corrected chi connectivity index (χ2v) is 4.06. The van der Waals surface area contributed by atoms with E-state index in [2.05, 4.69) is 20.5 Å². The number of carbonyl (C=O) groups is 1. The van der Waals surface area contributed by atoms with E-state index in [-0.39, 0.29) is 12.4 Å². The molecule has 0 aliphatic rings. The van der Waals surface area contributed by atoms with Gasteiger partial charge in [0.05, 0.1) is 17.3 Å². The molecule has 0 aliphatic heterocycles. The quantitative estimate of drug-likeness (QED) is 0.689. The summed E-state index contributed by atoms with van der Waals surface area (Å²) in [5.74, 6) is -0.0768. The van der Waals surface area contributed by atoms with Crippen LogP contribution in [-0.4, -0.2) is 21.1 Å². The van der Waals surface area contributed by atoms with Gasteiger partial charge in [-0.25, -0.2) is 4.98 Å². The third-order valence-corrected chi connectivity index (χ3v) is 2.78. The Morgan fingerprint density at radius 3 is 2.95 bits per heavy atom. The molecule has 3 aromatic rings. The smallest absolute Gasteiger partial charge is 0.252 e.